The average Bonchev–Trinajstić information content (AvgIpc) is 3.32. The summed E-state index contributed by atoms with van der Waals surface area (Å²) in [6, 6.07) is 8.91. The summed E-state index contributed by atoms with van der Waals surface area (Å²) in [4.78, 5) is 22.3. The van der Waals surface area contributed by atoms with Crippen LogP contribution in [-0.4, -0.2) is 71.7 Å². The van der Waals surface area contributed by atoms with E-state index >= 15 is 0 Å². The SMILES string of the molecule is COc1cc(NCCN(C)C)c([N+](=O)[O-])cc1Nc1ncc(OCC(F)F)c(-c2cn3c4c(cccc24)CCC3)n1. The zero-order chi connectivity index (χ0) is 29.1. The molecule has 4 aromatic rings. The van der Waals surface area contributed by atoms with Crippen LogP contribution in [0.15, 0.2) is 42.7 Å². The molecular formula is C28H31F2N7O4. The van der Waals surface area contributed by atoms with Crippen LogP contribution in [0.3, 0.4) is 0 Å². The van der Waals surface area contributed by atoms with E-state index in [4.69, 9.17) is 9.47 Å². The second-order valence-corrected chi connectivity index (χ2v) is 9.94. The van der Waals surface area contributed by atoms with Crippen LogP contribution in [0.4, 0.5) is 31.8 Å². The zero-order valence-corrected chi connectivity index (χ0v) is 23.0. The van der Waals surface area contributed by atoms with Gasteiger partial charge in [0, 0.05) is 48.9 Å². The van der Waals surface area contributed by atoms with Gasteiger partial charge < -0.3 is 29.6 Å². The van der Waals surface area contributed by atoms with Gasteiger partial charge in [0.25, 0.3) is 12.1 Å². The van der Waals surface area contributed by atoms with Gasteiger partial charge in [-0.3, -0.25) is 10.1 Å². The highest BCUT2D eigenvalue weighted by Crippen LogP contribution is 2.40. The number of nitro groups is 1. The van der Waals surface area contributed by atoms with Crippen molar-refractivity contribution in [3.05, 3.63) is 58.4 Å². The number of para-hydroxylation sites is 1. The molecule has 2 aromatic heterocycles. The maximum atomic E-state index is 13.1. The summed E-state index contributed by atoms with van der Waals surface area (Å²) < 4.78 is 39.2. The van der Waals surface area contributed by atoms with Gasteiger partial charge in [-0.1, -0.05) is 18.2 Å². The molecule has 0 atom stereocenters. The standard InChI is InChI=1S/C28H31F2N7O4/c1-35(2)11-9-31-20-13-23(40-3)21(12-22(20)37(38)39)33-28-32-14-24(41-16-25(29)30)26(34-28)19-15-36-10-5-7-17-6-4-8-18(19)27(17)36/h4,6,8,12-15,25,31H,5,7,9-11,16H2,1-3H3,(H,32,33,34). The van der Waals surface area contributed by atoms with E-state index in [1.165, 1.54) is 24.9 Å². The van der Waals surface area contributed by atoms with Gasteiger partial charge in [0.15, 0.2) is 5.75 Å². The monoisotopic (exact) mass is 567 g/mol. The van der Waals surface area contributed by atoms with Gasteiger partial charge in [0.05, 0.1) is 29.4 Å². The third-order valence-electron chi connectivity index (χ3n) is 6.84. The summed E-state index contributed by atoms with van der Waals surface area (Å²) in [5, 5.41) is 18.9. The summed E-state index contributed by atoms with van der Waals surface area (Å²) in [5.41, 5.74) is 3.77. The molecule has 13 heteroatoms. The number of methoxy groups -OCH3 is 1. The van der Waals surface area contributed by atoms with Crippen LogP contribution in [0.1, 0.15) is 12.0 Å². The van der Waals surface area contributed by atoms with Crippen molar-refractivity contribution in [2.45, 2.75) is 25.8 Å². The topological polar surface area (TPSA) is 120 Å². The van der Waals surface area contributed by atoms with Gasteiger partial charge in [0.1, 0.15) is 23.7 Å². The Morgan fingerprint density at radius 2 is 2.05 bits per heavy atom. The molecule has 216 valence electrons. The van der Waals surface area contributed by atoms with E-state index in [0.717, 1.165) is 35.9 Å². The lowest BCUT2D eigenvalue weighted by molar-refractivity contribution is -0.383. The first-order valence-corrected chi connectivity index (χ1v) is 13.2. The summed E-state index contributed by atoms with van der Waals surface area (Å²) in [5.74, 6) is 0.536. The molecule has 0 spiro atoms. The molecule has 11 nitrogen and oxygen atoms in total. The molecule has 0 radical (unpaired) electrons. The molecular weight excluding hydrogens is 536 g/mol. The van der Waals surface area contributed by atoms with Crippen molar-refractivity contribution in [1.82, 2.24) is 19.4 Å². The van der Waals surface area contributed by atoms with Gasteiger partial charge >= 0.3 is 0 Å². The summed E-state index contributed by atoms with van der Waals surface area (Å²) in [6.45, 7) is 1.18. The van der Waals surface area contributed by atoms with E-state index in [9.17, 15) is 18.9 Å². The molecule has 0 fully saturated rings. The molecule has 0 bridgehead atoms. The maximum Gasteiger partial charge on any atom is 0.294 e. The fraction of sp³-hybridized carbons (Fsp3) is 0.357. The van der Waals surface area contributed by atoms with Crippen molar-refractivity contribution in [3.8, 4) is 22.8 Å². The smallest absolute Gasteiger partial charge is 0.294 e. The Hall–Kier alpha value is -4.52. The first-order valence-electron chi connectivity index (χ1n) is 13.2. The molecule has 2 N–H and O–H groups in total. The summed E-state index contributed by atoms with van der Waals surface area (Å²) >= 11 is 0. The predicted octanol–water partition coefficient (Wildman–Crippen LogP) is 5.32. The highest BCUT2D eigenvalue weighted by atomic mass is 19.3. The number of halogens is 2. The minimum atomic E-state index is -2.68. The molecule has 41 heavy (non-hydrogen) atoms. The number of alkyl halides is 2. The Morgan fingerprint density at radius 1 is 1.22 bits per heavy atom. The Morgan fingerprint density at radius 3 is 2.78 bits per heavy atom. The Balaban J connectivity index is 1.55. The van der Waals surface area contributed by atoms with E-state index < -0.39 is 18.0 Å². The first-order chi connectivity index (χ1) is 19.7. The molecule has 3 heterocycles. The maximum absolute atomic E-state index is 13.1. The number of aryl methyl sites for hydroxylation is 2. The Bertz CT molecular complexity index is 1580. The van der Waals surface area contributed by atoms with Crippen LogP contribution in [0.2, 0.25) is 0 Å². The fourth-order valence-electron chi connectivity index (χ4n) is 4.99. The number of ether oxygens (including phenoxy) is 2. The third-order valence-corrected chi connectivity index (χ3v) is 6.84. The van der Waals surface area contributed by atoms with Crippen LogP contribution in [0.25, 0.3) is 22.2 Å². The second-order valence-electron chi connectivity index (χ2n) is 9.94. The van der Waals surface area contributed by atoms with Crippen LogP contribution in [0.5, 0.6) is 11.5 Å². The second kappa shape index (κ2) is 11.9. The number of hydrogen-bond acceptors (Lipinski definition) is 9. The third kappa shape index (κ3) is 5.99. The van der Waals surface area contributed by atoms with Crippen LogP contribution in [-0.2, 0) is 13.0 Å². The van der Waals surface area contributed by atoms with Crippen LogP contribution < -0.4 is 20.1 Å². The number of nitrogens with one attached hydrogen (secondary N) is 2. The predicted molar refractivity (Wildman–Crippen MR) is 153 cm³/mol. The molecule has 0 aliphatic carbocycles. The number of benzene rings is 2. The highest BCUT2D eigenvalue weighted by Gasteiger charge is 2.23. The summed E-state index contributed by atoms with van der Waals surface area (Å²) in [7, 11) is 5.27. The largest absolute Gasteiger partial charge is 0.494 e. The molecule has 1 aliphatic heterocycles. The molecule has 0 unspecified atom stereocenters. The van der Waals surface area contributed by atoms with Gasteiger partial charge in [-0.2, -0.15) is 0 Å². The van der Waals surface area contributed by atoms with Crippen molar-refractivity contribution >= 4 is 33.9 Å². The number of aromatic nitrogens is 3. The quantitative estimate of drug-likeness (QED) is 0.173. The molecule has 0 amide bonds. The van der Waals surface area contributed by atoms with Crippen molar-refractivity contribution in [1.29, 1.82) is 0 Å². The van der Waals surface area contributed by atoms with E-state index in [1.54, 1.807) is 6.07 Å². The molecule has 5 rings (SSSR count). The fourth-order valence-corrected chi connectivity index (χ4v) is 4.99. The lowest BCUT2D eigenvalue weighted by Gasteiger charge is -2.16. The number of hydrogen-bond donors (Lipinski definition) is 2. The Kier molecular flexibility index (Phi) is 8.15. The van der Waals surface area contributed by atoms with Crippen LogP contribution in [0, 0.1) is 10.1 Å². The number of anilines is 3. The van der Waals surface area contributed by atoms with Crippen molar-refractivity contribution < 1.29 is 23.2 Å². The van der Waals surface area contributed by atoms with E-state index in [0.29, 0.717) is 30.2 Å². The minimum Gasteiger partial charge on any atom is -0.494 e. The van der Waals surface area contributed by atoms with Crippen molar-refractivity contribution in [3.63, 3.8) is 0 Å². The average molecular weight is 568 g/mol. The van der Waals surface area contributed by atoms with Gasteiger partial charge in [0.2, 0.25) is 5.95 Å². The molecule has 0 saturated heterocycles. The number of likely N-dealkylation sites (N-methyl/N-ethyl adjacent to an activating group) is 1. The van der Waals surface area contributed by atoms with E-state index in [-0.39, 0.29) is 23.1 Å². The summed E-state index contributed by atoms with van der Waals surface area (Å²) in [6.07, 6.45) is 2.55. The van der Waals surface area contributed by atoms with E-state index in [1.807, 2.05) is 37.3 Å². The van der Waals surface area contributed by atoms with Gasteiger partial charge in [-0.05, 0) is 32.5 Å². The van der Waals surface area contributed by atoms with Crippen molar-refractivity contribution in [2.75, 3.05) is 51.5 Å². The lowest BCUT2D eigenvalue weighted by atomic mass is 10.0. The lowest BCUT2D eigenvalue weighted by Crippen LogP contribution is -2.21. The van der Waals surface area contributed by atoms with Crippen molar-refractivity contribution in [2.24, 2.45) is 0 Å². The normalized spacial score (nSPS) is 12.7. The number of nitro benzene ring substituents is 1. The molecule has 2 aromatic carbocycles. The molecule has 0 saturated carbocycles. The highest BCUT2D eigenvalue weighted by molar-refractivity contribution is 5.98. The van der Waals surface area contributed by atoms with E-state index in [2.05, 4.69) is 31.2 Å². The molecule has 1 aliphatic rings. The number of nitrogens with zero attached hydrogens (tertiary/aromatic N) is 5. The number of rotatable bonds is 12. The Labute approximate surface area is 235 Å². The van der Waals surface area contributed by atoms with Gasteiger partial charge in [-0.25, -0.2) is 18.7 Å². The van der Waals surface area contributed by atoms with Gasteiger partial charge in [-0.15, -0.1) is 0 Å². The zero-order valence-electron chi connectivity index (χ0n) is 23.0. The van der Waals surface area contributed by atoms with Crippen LogP contribution >= 0.6 is 0 Å². The minimum absolute atomic E-state index is 0.0947. The first kappa shape index (κ1) is 28.0.